The Hall–Kier alpha value is -2.66. The quantitative estimate of drug-likeness (QED) is 0.593. The van der Waals surface area contributed by atoms with Gasteiger partial charge in [0.25, 0.3) is 5.91 Å². The van der Waals surface area contributed by atoms with E-state index in [0.29, 0.717) is 11.3 Å². The molecule has 0 radical (unpaired) electrons. The van der Waals surface area contributed by atoms with Gasteiger partial charge in [-0.05, 0) is 42.3 Å². The highest BCUT2D eigenvalue weighted by Gasteiger charge is 2.16. The Kier molecular flexibility index (Phi) is 4.68. The molecule has 5 nitrogen and oxygen atoms in total. The molecule has 0 saturated carbocycles. The minimum atomic E-state index is -1.26. The van der Waals surface area contributed by atoms with Gasteiger partial charge in [0.15, 0.2) is 6.10 Å². The van der Waals surface area contributed by atoms with Crippen LogP contribution in [0.2, 0.25) is 0 Å². The van der Waals surface area contributed by atoms with Crippen LogP contribution in [0.25, 0.3) is 0 Å². The predicted octanol–water partition coefficient (Wildman–Crippen LogP) is 1.97. The van der Waals surface area contributed by atoms with Crippen molar-refractivity contribution >= 4 is 11.6 Å². The molecule has 0 aliphatic rings. The molecule has 5 heteroatoms. The zero-order valence-corrected chi connectivity index (χ0v) is 11.5. The number of carbonyl (C=O) groups is 1. The standard InChI is InChI=1S/C16H16N2O3/c1-11(12-7-9-14(19)10-8-12)17-18-16(21)15(20)13-5-3-2-4-6-13/h2-10,15,19-20H,1H3,(H,18,21). The van der Waals surface area contributed by atoms with E-state index in [1.165, 1.54) is 12.1 Å². The average Bonchev–Trinajstić information content (AvgIpc) is 2.53. The second-order valence-corrected chi connectivity index (χ2v) is 4.53. The summed E-state index contributed by atoms with van der Waals surface area (Å²) in [6.07, 6.45) is -1.26. The lowest BCUT2D eigenvalue weighted by Gasteiger charge is -2.09. The van der Waals surface area contributed by atoms with Gasteiger partial charge in [-0.25, -0.2) is 5.43 Å². The number of phenols is 1. The van der Waals surface area contributed by atoms with E-state index in [-0.39, 0.29) is 5.75 Å². The van der Waals surface area contributed by atoms with Gasteiger partial charge in [0.2, 0.25) is 0 Å². The molecule has 21 heavy (non-hydrogen) atoms. The van der Waals surface area contributed by atoms with Crippen molar-refractivity contribution in [2.45, 2.75) is 13.0 Å². The molecule has 1 unspecified atom stereocenters. The average molecular weight is 284 g/mol. The number of hydrazone groups is 1. The van der Waals surface area contributed by atoms with E-state index >= 15 is 0 Å². The summed E-state index contributed by atoms with van der Waals surface area (Å²) in [5.41, 5.74) is 4.18. The van der Waals surface area contributed by atoms with Crippen LogP contribution in [-0.4, -0.2) is 21.8 Å². The molecule has 0 heterocycles. The summed E-state index contributed by atoms with van der Waals surface area (Å²) in [4.78, 5) is 11.8. The van der Waals surface area contributed by atoms with Crippen LogP contribution >= 0.6 is 0 Å². The zero-order valence-electron chi connectivity index (χ0n) is 11.5. The fourth-order valence-electron chi connectivity index (χ4n) is 1.75. The number of nitrogens with zero attached hydrogens (tertiary/aromatic N) is 1. The molecule has 2 rings (SSSR count). The van der Waals surface area contributed by atoms with Gasteiger partial charge in [-0.3, -0.25) is 4.79 Å². The van der Waals surface area contributed by atoms with Crippen LogP contribution in [0.1, 0.15) is 24.2 Å². The molecular weight excluding hydrogens is 268 g/mol. The maximum atomic E-state index is 11.8. The number of amides is 1. The Morgan fingerprint density at radius 3 is 2.33 bits per heavy atom. The number of carbonyl (C=O) groups excluding carboxylic acids is 1. The number of nitrogens with one attached hydrogen (secondary N) is 1. The number of hydrogen-bond acceptors (Lipinski definition) is 4. The normalized spacial score (nSPS) is 12.8. The van der Waals surface area contributed by atoms with Gasteiger partial charge >= 0.3 is 0 Å². The lowest BCUT2D eigenvalue weighted by molar-refractivity contribution is -0.129. The highest BCUT2D eigenvalue weighted by Crippen LogP contribution is 2.12. The van der Waals surface area contributed by atoms with Gasteiger partial charge in [0, 0.05) is 0 Å². The van der Waals surface area contributed by atoms with E-state index < -0.39 is 12.0 Å². The molecule has 1 atom stereocenters. The van der Waals surface area contributed by atoms with Crippen LogP contribution in [0.5, 0.6) is 5.75 Å². The zero-order chi connectivity index (χ0) is 15.2. The molecule has 0 saturated heterocycles. The van der Waals surface area contributed by atoms with Gasteiger partial charge in [-0.1, -0.05) is 30.3 Å². The number of hydrogen-bond donors (Lipinski definition) is 3. The Balaban J connectivity index is 2.03. The maximum absolute atomic E-state index is 11.8. The van der Waals surface area contributed by atoms with E-state index in [9.17, 15) is 15.0 Å². The Labute approximate surface area is 122 Å². The molecule has 2 aromatic rings. The van der Waals surface area contributed by atoms with Gasteiger partial charge in [-0.2, -0.15) is 5.10 Å². The summed E-state index contributed by atoms with van der Waals surface area (Å²) in [6.45, 7) is 1.72. The molecule has 108 valence electrons. The van der Waals surface area contributed by atoms with Crippen LogP contribution < -0.4 is 5.43 Å². The fraction of sp³-hybridized carbons (Fsp3) is 0.125. The van der Waals surface area contributed by atoms with Crippen molar-refractivity contribution in [1.82, 2.24) is 5.43 Å². The number of aromatic hydroxyl groups is 1. The minimum Gasteiger partial charge on any atom is -0.508 e. The van der Waals surface area contributed by atoms with Gasteiger partial charge in [-0.15, -0.1) is 0 Å². The number of rotatable bonds is 4. The lowest BCUT2D eigenvalue weighted by Crippen LogP contribution is -2.26. The highest BCUT2D eigenvalue weighted by molar-refractivity contribution is 5.99. The third-order valence-electron chi connectivity index (χ3n) is 2.98. The van der Waals surface area contributed by atoms with E-state index in [2.05, 4.69) is 10.5 Å². The number of phenolic OH excluding ortho intramolecular Hbond substituents is 1. The first-order valence-electron chi connectivity index (χ1n) is 6.44. The summed E-state index contributed by atoms with van der Waals surface area (Å²) in [5, 5.41) is 23.1. The Bertz CT molecular complexity index is 636. The van der Waals surface area contributed by atoms with Crippen molar-refractivity contribution in [3.8, 4) is 5.75 Å². The number of aliphatic hydroxyl groups excluding tert-OH is 1. The number of aliphatic hydroxyl groups is 1. The number of benzene rings is 2. The summed E-state index contributed by atoms with van der Waals surface area (Å²) in [5.74, 6) is -0.436. The summed E-state index contributed by atoms with van der Waals surface area (Å²) >= 11 is 0. The van der Waals surface area contributed by atoms with Gasteiger partial charge in [0.1, 0.15) is 5.75 Å². The molecule has 2 aromatic carbocycles. The van der Waals surface area contributed by atoms with Gasteiger partial charge in [0.05, 0.1) is 5.71 Å². The summed E-state index contributed by atoms with van der Waals surface area (Å²) < 4.78 is 0. The van der Waals surface area contributed by atoms with Crippen LogP contribution in [0.3, 0.4) is 0 Å². The molecule has 0 spiro atoms. The van der Waals surface area contributed by atoms with Crippen LogP contribution in [0.4, 0.5) is 0 Å². The van der Waals surface area contributed by atoms with Crippen molar-refractivity contribution in [2.75, 3.05) is 0 Å². The largest absolute Gasteiger partial charge is 0.508 e. The molecule has 0 fully saturated rings. The van der Waals surface area contributed by atoms with Crippen LogP contribution in [0.15, 0.2) is 59.7 Å². The lowest BCUT2D eigenvalue weighted by atomic mass is 10.1. The molecular formula is C16H16N2O3. The van der Waals surface area contributed by atoms with Gasteiger partial charge < -0.3 is 10.2 Å². The molecule has 1 amide bonds. The first kappa shape index (κ1) is 14.7. The second kappa shape index (κ2) is 6.67. The highest BCUT2D eigenvalue weighted by atomic mass is 16.3. The maximum Gasteiger partial charge on any atom is 0.273 e. The van der Waals surface area contributed by atoms with E-state index in [1.54, 1.807) is 49.4 Å². The van der Waals surface area contributed by atoms with E-state index in [4.69, 9.17) is 0 Å². The molecule has 3 N–H and O–H groups in total. The Morgan fingerprint density at radius 1 is 1.10 bits per heavy atom. The molecule has 0 aromatic heterocycles. The van der Waals surface area contributed by atoms with Crippen molar-refractivity contribution in [3.63, 3.8) is 0 Å². The monoisotopic (exact) mass is 284 g/mol. The van der Waals surface area contributed by atoms with E-state index in [0.717, 1.165) is 5.56 Å². The second-order valence-electron chi connectivity index (χ2n) is 4.53. The third kappa shape index (κ3) is 3.90. The predicted molar refractivity (Wildman–Crippen MR) is 79.9 cm³/mol. The first-order valence-corrected chi connectivity index (χ1v) is 6.44. The molecule has 0 aliphatic heterocycles. The Morgan fingerprint density at radius 2 is 1.71 bits per heavy atom. The molecule has 0 aliphatic carbocycles. The van der Waals surface area contributed by atoms with Crippen molar-refractivity contribution in [1.29, 1.82) is 0 Å². The van der Waals surface area contributed by atoms with Crippen molar-refractivity contribution in [2.24, 2.45) is 5.10 Å². The summed E-state index contributed by atoms with van der Waals surface area (Å²) in [6, 6.07) is 15.1. The summed E-state index contributed by atoms with van der Waals surface area (Å²) in [7, 11) is 0. The van der Waals surface area contributed by atoms with Crippen molar-refractivity contribution < 1.29 is 15.0 Å². The SMILES string of the molecule is CC(=NNC(=O)C(O)c1ccccc1)c1ccc(O)cc1. The smallest absolute Gasteiger partial charge is 0.273 e. The fourth-order valence-corrected chi connectivity index (χ4v) is 1.75. The minimum absolute atomic E-state index is 0.162. The van der Waals surface area contributed by atoms with Crippen LogP contribution in [-0.2, 0) is 4.79 Å². The van der Waals surface area contributed by atoms with Crippen LogP contribution in [0, 0.1) is 0 Å². The third-order valence-corrected chi connectivity index (χ3v) is 2.98. The molecule has 0 bridgehead atoms. The topological polar surface area (TPSA) is 81.9 Å². The van der Waals surface area contributed by atoms with Crippen molar-refractivity contribution in [3.05, 3.63) is 65.7 Å². The van der Waals surface area contributed by atoms with E-state index in [1.807, 2.05) is 0 Å². The first-order chi connectivity index (χ1) is 10.1.